The molecule has 1 heterocycles. The molecule has 0 unspecified atom stereocenters. The topological polar surface area (TPSA) is 21.3 Å². The molecule has 1 N–H and O–H groups in total. The minimum atomic E-state index is -0.194. The number of halogens is 1. The van der Waals surface area contributed by atoms with Crippen LogP contribution >= 0.6 is 0 Å². The third-order valence-electron chi connectivity index (χ3n) is 2.91. The molecule has 0 amide bonds. The van der Waals surface area contributed by atoms with Crippen LogP contribution < -0.4 is 5.32 Å². The summed E-state index contributed by atoms with van der Waals surface area (Å²) in [6.07, 6.45) is 2.46. The highest BCUT2D eigenvalue weighted by Crippen LogP contribution is 2.11. The van der Waals surface area contributed by atoms with Gasteiger partial charge in [-0.15, -0.1) is 0 Å². The van der Waals surface area contributed by atoms with Crippen LogP contribution in [0.2, 0.25) is 0 Å². The van der Waals surface area contributed by atoms with Gasteiger partial charge < -0.3 is 10.1 Å². The Labute approximate surface area is 95.8 Å². The zero-order chi connectivity index (χ0) is 11.2. The van der Waals surface area contributed by atoms with Crippen LogP contribution in [0.4, 0.5) is 4.39 Å². The fraction of sp³-hybridized carbons (Fsp3) is 0.538. The largest absolute Gasteiger partial charge is 0.376 e. The number of hydrogen-bond acceptors (Lipinski definition) is 2. The van der Waals surface area contributed by atoms with Crippen molar-refractivity contribution in [2.75, 3.05) is 19.7 Å². The van der Waals surface area contributed by atoms with Crippen LogP contribution in [-0.4, -0.2) is 19.7 Å². The van der Waals surface area contributed by atoms with E-state index in [-0.39, 0.29) is 5.82 Å². The highest BCUT2D eigenvalue weighted by molar-refractivity contribution is 5.15. The fourth-order valence-corrected chi connectivity index (χ4v) is 2.04. The molecule has 88 valence electrons. The summed E-state index contributed by atoms with van der Waals surface area (Å²) in [4.78, 5) is 0. The van der Waals surface area contributed by atoms with E-state index in [1.54, 1.807) is 6.07 Å². The van der Waals surface area contributed by atoms with Crippen molar-refractivity contribution in [3.8, 4) is 0 Å². The highest BCUT2D eigenvalue weighted by Gasteiger charge is 2.12. The lowest BCUT2D eigenvalue weighted by atomic mass is 10.0. The molecule has 0 bridgehead atoms. The smallest absolute Gasteiger partial charge is 0.123 e. The first-order valence-electron chi connectivity index (χ1n) is 5.87. The molecule has 0 radical (unpaired) electrons. The molecule has 0 saturated carbocycles. The molecule has 1 aromatic carbocycles. The average molecular weight is 223 g/mol. The SMILES string of the molecule is Fc1cccc(COC[C@@H]2CCCNC2)c1. The predicted octanol–water partition coefficient (Wildman–Crippen LogP) is 2.34. The quantitative estimate of drug-likeness (QED) is 0.846. The van der Waals surface area contributed by atoms with Gasteiger partial charge in [-0.3, -0.25) is 0 Å². The minimum absolute atomic E-state index is 0.194. The van der Waals surface area contributed by atoms with Gasteiger partial charge in [0, 0.05) is 6.54 Å². The van der Waals surface area contributed by atoms with Crippen molar-refractivity contribution in [1.82, 2.24) is 5.32 Å². The Hall–Kier alpha value is -0.930. The highest BCUT2D eigenvalue weighted by atomic mass is 19.1. The van der Waals surface area contributed by atoms with Gasteiger partial charge in [0.2, 0.25) is 0 Å². The van der Waals surface area contributed by atoms with Crippen LogP contribution in [-0.2, 0) is 11.3 Å². The summed E-state index contributed by atoms with van der Waals surface area (Å²) in [7, 11) is 0. The van der Waals surface area contributed by atoms with Gasteiger partial charge in [-0.05, 0) is 43.0 Å². The van der Waals surface area contributed by atoms with E-state index >= 15 is 0 Å². The summed E-state index contributed by atoms with van der Waals surface area (Å²) in [5, 5.41) is 3.35. The second-order valence-corrected chi connectivity index (χ2v) is 4.36. The Balaban J connectivity index is 1.71. The standard InChI is InChI=1S/C13H18FNO/c14-13-5-1-3-11(7-13)9-16-10-12-4-2-6-15-8-12/h1,3,5,7,12,15H,2,4,6,8-10H2/t12-/m1/s1. The van der Waals surface area contributed by atoms with Gasteiger partial charge in [-0.2, -0.15) is 0 Å². The fourth-order valence-electron chi connectivity index (χ4n) is 2.04. The number of benzene rings is 1. The Kier molecular flexibility index (Phi) is 4.31. The zero-order valence-electron chi connectivity index (χ0n) is 9.42. The molecule has 0 aliphatic carbocycles. The Morgan fingerprint density at radius 2 is 2.38 bits per heavy atom. The van der Waals surface area contributed by atoms with Crippen molar-refractivity contribution in [3.63, 3.8) is 0 Å². The Morgan fingerprint density at radius 1 is 1.44 bits per heavy atom. The van der Waals surface area contributed by atoms with Gasteiger partial charge in [-0.1, -0.05) is 12.1 Å². The van der Waals surface area contributed by atoms with Crippen molar-refractivity contribution in [1.29, 1.82) is 0 Å². The summed E-state index contributed by atoms with van der Waals surface area (Å²) in [5.41, 5.74) is 0.906. The molecular formula is C13H18FNO. The Morgan fingerprint density at radius 3 is 3.12 bits per heavy atom. The lowest BCUT2D eigenvalue weighted by Gasteiger charge is -2.22. The molecule has 16 heavy (non-hydrogen) atoms. The molecule has 0 aromatic heterocycles. The van der Waals surface area contributed by atoms with Gasteiger partial charge in [0.1, 0.15) is 5.82 Å². The van der Waals surface area contributed by atoms with Crippen molar-refractivity contribution in [3.05, 3.63) is 35.6 Å². The van der Waals surface area contributed by atoms with Crippen LogP contribution in [0.5, 0.6) is 0 Å². The van der Waals surface area contributed by atoms with Gasteiger partial charge in [0.25, 0.3) is 0 Å². The third-order valence-corrected chi connectivity index (χ3v) is 2.91. The number of ether oxygens (including phenoxy) is 1. The van der Waals surface area contributed by atoms with E-state index in [1.807, 2.05) is 6.07 Å². The van der Waals surface area contributed by atoms with E-state index in [0.717, 1.165) is 25.3 Å². The first kappa shape index (κ1) is 11.6. The molecular weight excluding hydrogens is 205 g/mol. The van der Waals surface area contributed by atoms with E-state index in [2.05, 4.69) is 5.32 Å². The summed E-state index contributed by atoms with van der Waals surface area (Å²) in [6, 6.07) is 6.59. The Bertz CT molecular complexity index is 323. The number of nitrogens with one attached hydrogen (secondary N) is 1. The lowest BCUT2D eigenvalue weighted by Crippen LogP contribution is -2.32. The van der Waals surface area contributed by atoms with Crippen LogP contribution in [0.25, 0.3) is 0 Å². The molecule has 2 rings (SSSR count). The average Bonchev–Trinajstić information content (AvgIpc) is 2.30. The van der Waals surface area contributed by atoms with Crippen LogP contribution in [0.15, 0.2) is 24.3 Å². The molecule has 3 heteroatoms. The molecule has 1 atom stereocenters. The normalized spacial score (nSPS) is 20.9. The predicted molar refractivity (Wildman–Crippen MR) is 61.6 cm³/mol. The van der Waals surface area contributed by atoms with Crippen molar-refractivity contribution in [2.45, 2.75) is 19.4 Å². The maximum absolute atomic E-state index is 12.9. The number of hydrogen-bond donors (Lipinski definition) is 1. The number of rotatable bonds is 4. The minimum Gasteiger partial charge on any atom is -0.376 e. The van der Waals surface area contributed by atoms with Gasteiger partial charge in [-0.25, -0.2) is 4.39 Å². The molecule has 1 aliphatic heterocycles. The lowest BCUT2D eigenvalue weighted by molar-refractivity contribution is 0.0781. The van der Waals surface area contributed by atoms with Crippen molar-refractivity contribution < 1.29 is 9.13 Å². The molecule has 1 fully saturated rings. The molecule has 1 saturated heterocycles. The molecule has 1 aliphatic rings. The zero-order valence-corrected chi connectivity index (χ0v) is 9.42. The maximum Gasteiger partial charge on any atom is 0.123 e. The van der Waals surface area contributed by atoms with Gasteiger partial charge in [0.15, 0.2) is 0 Å². The second kappa shape index (κ2) is 5.97. The first-order chi connectivity index (χ1) is 7.84. The summed E-state index contributed by atoms with van der Waals surface area (Å²) < 4.78 is 18.5. The van der Waals surface area contributed by atoms with E-state index in [4.69, 9.17) is 4.74 Å². The van der Waals surface area contributed by atoms with Crippen LogP contribution in [0.3, 0.4) is 0 Å². The van der Waals surface area contributed by atoms with E-state index < -0.39 is 0 Å². The van der Waals surface area contributed by atoms with Crippen molar-refractivity contribution in [2.24, 2.45) is 5.92 Å². The summed E-state index contributed by atoms with van der Waals surface area (Å²) >= 11 is 0. The van der Waals surface area contributed by atoms with E-state index in [0.29, 0.717) is 12.5 Å². The second-order valence-electron chi connectivity index (χ2n) is 4.36. The monoisotopic (exact) mass is 223 g/mol. The number of piperidine rings is 1. The molecule has 2 nitrogen and oxygen atoms in total. The molecule has 0 spiro atoms. The van der Waals surface area contributed by atoms with Crippen LogP contribution in [0.1, 0.15) is 18.4 Å². The first-order valence-corrected chi connectivity index (χ1v) is 5.87. The van der Waals surface area contributed by atoms with Gasteiger partial charge >= 0.3 is 0 Å². The van der Waals surface area contributed by atoms with Crippen LogP contribution in [0, 0.1) is 11.7 Å². The van der Waals surface area contributed by atoms with Gasteiger partial charge in [0.05, 0.1) is 13.2 Å². The summed E-state index contributed by atoms with van der Waals surface area (Å²) in [5.74, 6) is 0.419. The van der Waals surface area contributed by atoms with Crippen molar-refractivity contribution >= 4 is 0 Å². The molecule has 1 aromatic rings. The maximum atomic E-state index is 12.9. The summed E-state index contributed by atoms with van der Waals surface area (Å²) in [6.45, 7) is 3.45. The van der Waals surface area contributed by atoms with E-state index in [1.165, 1.54) is 25.0 Å². The third kappa shape index (κ3) is 3.58. The van der Waals surface area contributed by atoms with E-state index in [9.17, 15) is 4.39 Å².